The van der Waals surface area contributed by atoms with Gasteiger partial charge >= 0.3 is 6.18 Å². The third-order valence-corrected chi connectivity index (χ3v) is 3.38. The average Bonchev–Trinajstić information content (AvgIpc) is 2.45. The van der Waals surface area contributed by atoms with Crippen molar-refractivity contribution >= 4 is 0 Å². The Bertz CT molecular complexity index is 638. The highest BCUT2D eigenvalue weighted by Gasteiger charge is 2.34. The molecule has 2 nitrogen and oxygen atoms in total. The fraction of sp³-hybridized carbons (Fsp3) is 0.250. The van der Waals surface area contributed by atoms with Gasteiger partial charge in [-0.15, -0.1) is 0 Å². The van der Waals surface area contributed by atoms with Crippen LogP contribution in [0.15, 0.2) is 42.5 Å². The highest BCUT2D eigenvalue weighted by Crippen LogP contribution is 2.36. The van der Waals surface area contributed by atoms with E-state index in [9.17, 15) is 13.2 Å². The predicted molar refractivity (Wildman–Crippen MR) is 75.2 cm³/mol. The van der Waals surface area contributed by atoms with E-state index in [0.29, 0.717) is 11.3 Å². The number of aryl methyl sites for hydroxylation is 1. The SMILES string of the molecule is COc1ccc(C(N)c2ccccc2C(F)(F)F)cc1C. The number of halogens is 3. The maximum absolute atomic E-state index is 13.0. The quantitative estimate of drug-likeness (QED) is 0.926. The zero-order chi connectivity index (χ0) is 15.6. The van der Waals surface area contributed by atoms with Crippen LogP contribution < -0.4 is 10.5 Å². The Balaban J connectivity index is 2.45. The largest absolute Gasteiger partial charge is 0.496 e. The minimum absolute atomic E-state index is 0.0644. The molecule has 0 aliphatic carbocycles. The lowest BCUT2D eigenvalue weighted by atomic mass is 9.94. The van der Waals surface area contributed by atoms with Crippen LogP contribution >= 0.6 is 0 Å². The van der Waals surface area contributed by atoms with Gasteiger partial charge in [0.05, 0.1) is 18.7 Å². The zero-order valence-corrected chi connectivity index (χ0v) is 11.7. The molecule has 0 saturated carbocycles. The molecular weight excluding hydrogens is 279 g/mol. The standard InChI is InChI=1S/C16H16F3NO/c1-10-9-11(7-8-14(10)21-2)15(20)12-5-3-4-6-13(12)16(17,18)19/h3-9,15H,20H2,1-2H3. The smallest absolute Gasteiger partial charge is 0.416 e. The second kappa shape index (κ2) is 5.77. The van der Waals surface area contributed by atoms with Crippen LogP contribution in [0.25, 0.3) is 0 Å². The molecule has 1 atom stereocenters. The molecule has 0 heterocycles. The molecule has 1 unspecified atom stereocenters. The Morgan fingerprint density at radius 1 is 1.10 bits per heavy atom. The molecule has 5 heteroatoms. The van der Waals surface area contributed by atoms with Crippen LogP contribution in [0.5, 0.6) is 5.75 Å². The second-order valence-electron chi connectivity index (χ2n) is 4.79. The first-order chi connectivity index (χ1) is 9.84. The topological polar surface area (TPSA) is 35.2 Å². The van der Waals surface area contributed by atoms with Crippen LogP contribution in [0.2, 0.25) is 0 Å². The van der Waals surface area contributed by atoms with Gasteiger partial charge in [-0.1, -0.05) is 30.3 Å². The molecule has 0 radical (unpaired) electrons. The van der Waals surface area contributed by atoms with Crippen LogP contribution in [0, 0.1) is 6.92 Å². The summed E-state index contributed by atoms with van der Waals surface area (Å²) in [4.78, 5) is 0. The summed E-state index contributed by atoms with van der Waals surface area (Å²) < 4.78 is 44.3. The van der Waals surface area contributed by atoms with Crippen LogP contribution in [0.1, 0.15) is 28.3 Å². The molecular formula is C16H16F3NO. The van der Waals surface area contributed by atoms with E-state index >= 15 is 0 Å². The van der Waals surface area contributed by atoms with Gasteiger partial charge in [0.2, 0.25) is 0 Å². The number of rotatable bonds is 3. The third kappa shape index (κ3) is 3.19. The normalized spacial score (nSPS) is 13.0. The van der Waals surface area contributed by atoms with Gasteiger partial charge in [0.25, 0.3) is 0 Å². The second-order valence-corrected chi connectivity index (χ2v) is 4.79. The lowest BCUT2D eigenvalue weighted by Crippen LogP contribution is -2.18. The van der Waals surface area contributed by atoms with Gasteiger partial charge in [0, 0.05) is 0 Å². The van der Waals surface area contributed by atoms with E-state index in [0.717, 1.165) is 11.6 Å². The molecule has 0 spiro atoms. The summed E-state index contributed by atoms with van der Waals surface area (Å²) in [5.74, 6) is 0.676. The Kier molecular flexibility index (Phi) is 4.23. The van der Waals surface area contributed by atoms with Crippen molar-refractivity contribution in [3.05, 3.63) is 64.7 Å². The zero-order valence-electron chi connectivity index (χ0n) is 11.7. The molecule has 0 saturated heterocycles. The minimum Gasteiger partial charge on any atom is -0.496 e. The van der Waals surface area contributed by atoms with Crippen molar-refractivity contribution in [2.24, 2.45) is 5.73 Å². The lowest BCUT2D eigenvalue weighted by Gasteiger charge is -2.19. The van der Waals surface area contributed by atoms with Crippen LogP contribution in [-0.4, -0.2) is 7.11 Å². The van der Waals surface area contributed by atoms with E-state index in [1.165, 1.54) is 12.1 Å². The third-order valence-electron chi connectivity index (χ3n) is 3.38. The molecule has 2 aromatic carbocycles. The number of benzene rings is 2. The van der Waals surface area contributed by atoms with E-state index < -0.39 is 17.8 Å². The van der Waals surface area contributed by atoms with Gasteiger partial charge in [-0.25, -0.2) is 0 Å². The van der Waals surface area contributed by atoms with E-state index in [2.05, 4.69) is 0 Å². The van der Waals surface area contributed by atoms with Crippen molar-refractivity contribution in [2.75, 3.05) is 7.11 Å². The van der Waals surface area contributed by atoms with Crippen molar-refractivity contribution in [2.45, 2.75) is 19.1 Å². The molecule has 0 amide bonds. The van der Waals surface area contributed by atoms with Crippen molar-refractivity contribution < 1.29 is 17.9 Å². The maximum Gasteiger partial charge on any atom is 0.416 e. The highest BCUT2D eigenvalue weighted by atomic mass is 19.4. The number of nitrogens with two attached hydrogens (primary N) is 1. The molecule has 0 aliphatic rings. The van der Waals surface area contributed by atoms with Crippen molar-refractivity contribution in [1.82, 2.24) is 0 Å². The van der Waals surface area contributed by atoms with Gasteiger partial charge in [-0.3, -0.25) is 0 Å². The van der Waals surface area contributed by atoms with E-state index in [1.54, 1.807) is 31.4 Å². The van der Waals surface area contributed by atoms with Gasteiger partial charge in [0.15, 0.2) is 0 Å². The number of hydrogen-bond donors (Lipinski definition) is 1. The molecule has 2 N–H and O–H groups in total. The molecule has 21 heavy (non-hydrogen) atoms. The molecule has 2 rings (SSSR count). The average molecular weight is 295 g/mol. The molecule has 112 valence electrons. The molecule has 0 bridgehead atoms. The summed E-state index contributed by atoms with van der Waals surface area (Å²) in [5.41, 5.74) is 6.84. The first-order valence-electron chi connectivity index (χ1n) is 6.41. The fourth-order valence-corrected chi connectivity index (χ4v) is 2.30. The molecule has 2 aromatic rings. The van der Waals surface area contributed by atoms with Crippen molar-refractivity contribution in [1.29, 1.82) is 0 Å². The maximum atomic E-state index is 13.0. The number of hydrogen-bond acceptors (Lipinski definition) is 2. The highest BCUT2D eigenvalue weighted by molar-refractivity contribution is 5.43. The van der Waals surface area contributed by atoms with Crippen molar-refractivity contribution in [3.8, 4) is 5.75 Å². The van der Waals surface area contributed by atoms with Crippen molar-refractivity contribution in [3.63, 3.8) is 0 Å². The van der Waals surface area contributed by atoms with E-state index in [1.807, 2.05) is 6.92 Å². The van der Waals surface area contributed by atoms with Gasteiger partial charge in [-0.2, -0.15) is 13.2 Å². The monoisotopic (exact) mass is 295 g/mol. The summed E-state index contributed by atoms with van der Waals surface area (Å²) in [6, 6.07) is 9.67. The van der Waals surface area contributed by atoms with Crippen LogP contribution in [-0.2, 0) is 6.18 Å². The van der Waals surface area contributed by atoms with E-state index in [-0.39, 0.29) is 5.56 Å². The summed E-state index contributed by atoms with van der Waals surface area (Å²) in [7, 11) is 1.54. The molecule has 0 aromatic heterocycles. The van der Waals surface area contributed by atoms with Crippen LogP contribution in [0.3, 0.4) is 0 Å². The Morgan fingerprint density at radius 3 is 2.33 bits per heavy atom. The summed E-state index contributed by atoms with van der Waals surface area (Å²) in [5, 5.41) is 0. The van der Waals surface area contributed by atoms with Gasteiger partial charge in [-0.05, 0) is 35.7 Å². The molecule has 0 fully saturated rings. The Morgan fingerprint density at radius 2 is 1.76 bits per heavy atom. The van der Waals surface area contributed by atoms with Gasteiger partial charge < -0.3 is 10.5 Å². The van der Waals surface area contributed by atoms with Gasteiger partial charge in [0.1, 0.15) is 5.75 Å². The number of methoxy groups -OCH3 is 1. The Labute approximate surface area is 121 Å². The first-order valence-corrected chi connectivity index (χ1v) is 6.41. The lowest BCUT2D eigenvalue weighted by molar-refractivity contribution is -0.138. The number of ether oxygens (including phenoxy) is 1. The molecule has 0 aliphatic heterocycles. The summed E-state index contributed by atoms with van der Waals surface area (Å²) >= 11 is 0. The predicted octanol–water partition coefficient (Wildman–Crippen LogP) is 4.07. The first kappa shape index (κ1) is 15.4. The Hall–Kier alpha value is -2.01. The minimum atomic E-state index is -4.42. The van der Waals surface area contributed by atoms with Crippen LogP contribution in [0.4, 0.5) is 13.2 Å². The fourth-order valence-electron chi connectivity index (χ4n) is 2.30. The summed E-state index contributed by atoms with van der Waals surface area (Å²) in [6.07, 6.45) is -4.42. The number of alkyl halides is 3. The summed E-state index contributed by atoms with van der Waals surface area (Å²) in [6.45, 7) is 1.82. The van der Waals surface area contributed by atoms with E-state index in [4.69, 9.17) is 10.5 Å².